The number of para-hydroxylation sites is 2. The van der Waals surface area contributed by atoms with Gasteiger partial charge in [0.1, 0.15) is 11.9 Å². The lowest BCUT2D eigenvalue weighted by molar-refractivity contribution is -0.124. The maximum absolute atomic E-state index is 13.0. The van der Waals surface area contributed by atoms with Crippen molar-refractivity contribution in [1.29, 1.82) is 0 Å². The van der Waals surface area contributed by atoms with Crippen LogP contribution in [0.1, 0.15) is 12.5 Å². The molecule has 0 aliphatic carbocycles. The molecule has 0 saturated carbocycles. The van der Waals surface area contributed by atoms with Gasteiger partial charge in [0, 0.05) is 5.69 Å². The van der Waals surface area contributed by atoms with Crippen molar-refractivity contribution in [1.82, 2.24) is 9.55 Å². The van der Waals surface area contributed by atoms with Gasteiger partial charge in [-0.05, 0) is 36.4 Å². The molecule has 0 fully saturated rings. The minimum Gasteiger partial charge on any atom is -0.324 e. The summed E-state index contributed by atoms with van der Waals surface area (Å²) in [6.45, 7) is 0. The lowest BCUT2D eigenvalue weighted by Gasteiger charge is -2.24. The Morgan fingerprint density at radius 2 is 1.96 bits per heavy atom. The first kappa shape index (κ1) is 14.4. The van der Waals surface area contributed by atoms with Gasteiger partial charge >= 0.3 is 0 Å². The Morgan fingerprint density at radius 1 is 1.21 bits per heavy atom. The largest absolute Gasteiger partial charge is 0.324 e. The molecule has 0 unspecified atom stereocenters. The van der Waals surface area contributed by atoms with Gasteiger partial charge in [0.15, 0.2) is 0 Å². The van der Waals surface area contributed by atoms with Crippen LogP contribution in [-0.4, -0.2) is 21.4 Å². The predicted molar refractivity (Wildman–Crippen MR) is 87.0 cm³/mol. The molecular formula is C17H13FN4O2. The van der Waals surface area contributed by atoms with E-state index in [1.807, 2.05) is 24.3 Å². The molecule has 6 nitrogen and oxygen atoms in total. The number of halogens is 1. The van der Waals surface area contributed by atoms with Gasteiger partial charge in [-0.25, -0.2) is 9.37 Å². The highest BCUT2D eigenvalue weighted by Gasteiger charge is 2.32. The molecule has 120 valence electrons. The molecule has 2 N–H and O–H groups in total. The smallest absolute Gasteiger partial charge is 0.248 e. The van der Waals surface area contributed by atoms with Crippen LogP contribution in [0.2, 0.25) is 0 Å². The summed E-state index contributed by atoms with van der Waals surface area (Å²) in [4.78, 5) is 28.9. The third-order valence-electron chi connectivity index (χ3n) is 3.95. The van der Waals surface area contributed by atoms with Gasteiger partial charge in [0.25, 0.3) is 0 Å². The Balaban J connectivity index is 1.72. The molecule has 3 aromatic rings. The molecule has 4 rings (SSSR count). The van der Waals surface area contributed by atoms with Crippen molar-refractivity contribution < 1.29 is 14.0 Å². The standard InChI is InChI=1S/C17H13FN4O2/c18-10-5-7-11(8-6-10)19-16(24)14-9-15(23)21-17-20-12-3-1-2-4-13(12)22(14)17/h1-8,14H,9H2,(H,19,24)(H,20,21,23)/t14-/m0/s1. The summed E-state index contributed by atoms with van der Waals surface area (Å²) in [6, 6.07) is 12.1. The quantitative estimate of drug-likeness (QED) is 0.761. The Labute approximate surface area is 136 Å². The number of imidazole rings is 1. The van der Waals surface area contributed by atoms with E-state index in [1.54, 1.807) is 4.57 Å². The summed E-state index contributed by atoms with van der Waals surface area (Å²) in [5.41, 5.74) is 1.94. The third kappa shape index (κ3) is 2.40. The predicted octanol–water partition coefficient (Wildman–Crippen LogP) is 2.70. The normalized spacial score (nSPS) is 16.5. The van der Waals surface area contributed by atoms with Crippen molar-refractivity contribution in [3.05, 3.63) is 54.3 Å². The number of carbonyl (C=O) groups is 2. The molecule has 0 radical (unpaired) electrons. The van der Waals surface area contributed by atoms with E-state index in [0.717, 1.165) is 5.52 Å². The number of benzene rings is 2. The van der Waals surface area contributed by atoms with Crippen LogP contribution in [-0.2, 0) is 9.59 Å². The highest BCUT2D eigenvalue weighted by Crippen LogP contribution is 2.31. The first-order chi connectivity index (χ1) is 11.6. The Kier molecular flexibility index (Phi) is 3.26. The van der Waals surface area contributed by atoms with E-state index in [-0.39, 0.29) is 24.1 Å². The molecule has 24 heavy (non-hydrogen) atoms. The molecule has 0 spiro atoms. The Hall–Kier alpha value is -3.22. The van der Waals surface area contributed by atoms with Crippen LogP contribution in [0.3, 0.4) is 0 Å². The van der Waals surface area contributed by atoms with Crippen molar-refractivity contribution in [2.45, 2.75) is 12.5 Å². The van der Waals surface area contributed by atoms with Gasteiger partial charge in [-0.2, -0.15) is 0 Å². The summed E-state index contributed by atoms with van der Waals surface area (Å²) < 4.78 is 14.7. The monoisotopic (exact) mass is 324 g/mol. The van der Waals surface area contributed by atoms with E-state index in [0.29, 0.717) is 17.2 Å². The van der Waals surface area contributed by atoms with Gasteiger partial charge in [0.05, 0.1) is 17.5 Å². The minimum absolute atomic E-state index is 0.0143. The van der Waals surface area contributed by atoms with Crippen LogP contribution in [0.4, 0.5) is 16.0 Å². The van der Waals surface area contributed by atoms with E-state index in [9.17, 15) is 14.0 Å². The fourth-order valence-electron chi connectivity index (χ4n) is 2.86. The number of rotatable bonds is 2. The number of hydrogen-bond donors (Lipinski definition) is 2. The first-order valence-corrected chi connectivity index (χ1v) is 7.45. The van der Waals surface area contributed by atoms with Crippen LogP contribution < -0.4 is 10.6 Å². The summed E-state index contributed by atoms with van der Waals surface area (Å²) >= 11 is 0. The molecule has 2 amide bonds. The van der Waals surface area contributed by atoms with Crippen LogP contribution in [0.25, 0.3) is 11.0 Å². The number of anilines is 2. The van der Waals surface area contributed by atoms with Gasteiger partial charge in [-0.1, -0.05) is 12.1 Å². The lowest BCUT2D eigenvalue weighted by Crippen LogP contribution is -2.35. The number of nitrogens with one attached hydrogen (secondary N) is 2. The fraction of sp³-hybridized carbons (Fsp3) is 0.118. The number of amides is 2. The highest BCUT2D eigenvalue weighted by atomic mass is 19.1. The molecular weight excluding hydrogens is 311 g/mol. The van der Waals surface area contributed by atoms with Crippen LogP contribution in [0, 0.1) is 5.82 Å². The van der Waals surface area contributed by atoms with E-state index < -0.39 is 6.04 Å². The van der Waals surface area contributed by atoms with Crippen molar-refractivity contribution in [2.24, 2.45) is 0 Å². The van der Waals surface area contributed by atoms with Crippen LogP contribution in [0.15, 0.2) is 48.5 Å². The maximum atomic E-state index is 13.0. The SMILES string of the molecule is O=C1C[C@@H](C(=O)Nc2ccc(F)cc2)n2c(nc3ccccc32)N1. The molecule has 2 heterocycles. The summed E-state index contributed by atoms with van der Waals surface area (Å²) in [5, 5.41) is 5.41. The van der Waals surface area contributed by atoms with E-state index in [2.05, 4.69) is 15.6 Å². The summed E-state index contributed by atoms with van der Waals surface area (Å²) in [6.07, 6.45) is 0.0143. The Morgan fingerprint density at radius 3 is 2.75 bits per heavy atom. The zero-order valence-corrected chi connectivity index (χ0v) is 12.5. The topological polar surface area (TPSA) is 76.0 Å². The van der Waals surface area contributed by atoms with Crippen molar-refractivity contribution >= 4 is 34.5 Å². The van der Waals surface area contributed by atoms with Gasteiger partial charge in [0.2, 0.25) is 17.8 Å². The molecule has 0 saturated heterocycles. The fourth-order valence-corrected chi connectivity index (χ4v) is 2.86. The average molecular weight is 324 g/mol. The Bertz CT molecular complexity index is 949. The van der Waals surface area contributed by atoms with Gasteiger partial charge in [-0.15, -0.1) is 0 Å². The van der Waals surface area contributed by atoms with E-state index >= 15 is 0 Å². The number of carbonyl (C=O) groups excluding carboxylic acids is 2. The second-order valence-electron chi connectivity index (χ2n) is 5.56. The number of hydrogen-bond acceptors (Lipinski definition) is 3. The third-order valence-corrected chi connectivity index (χ3v) is 3.95. The highest BCUT2D eigenvalue weighted by molar-refractivity contribution is 6.02. The molecule has 1 aliphatic heterocycles. The lowest BCUT2D eigenvalue weighted by atomic mass is 10.1. The molecule has 7 heteroatoms. The number of fused-ring (bicyclic) bond motifs is 3. The number of aromatic nitrogens is 2. The second-order valence-corrected chi connectivity index (χ2v) is 5.56. The van der Waals surface area contributed by atoms with E-state index in [1.165, 1.54) is 24.3 Å². The summed E-state index contributed by atoms with van der Waals surface area (Å²) in [5.74, 6) is -0.641. The molecule has 1 aliphatic rings. The molecule has 1 atom stereocenters. The second kappa shape index (κ2) is 5.45. The van der Waals surface area contributed by atoms with E-state index in [4.69, 9.17) is 0 Å². The van der Waals surface area contributed by atoms with Crippen LogP contribution >= 0.6 is 0 Å². The minimum atomic E-state index is -0.716. The maximum Gasteiger partial charge on any atom is 0.248 e. The molecule has 0 bridgehead atoms. The van der Waals surface area contributed by atoms with Crippen LogP contribution in [0.5, 0.6) is 0 Å². The van der Waals surface area contributed by atoms with Gasteiger partial charge < -0.3 is 5.32 Å². The molecule has 2 aromatic carbocycles. The number of nitrogens with zero attached hydrogens (tertiary/aromatic N) is 2. The zero-order chi connectivity index (χ0) is 16.7. The molecule has 1 aromatic heterocycles. The summed E-state index contributed by atoms with van der Waals surface area (Å²) in [7, 11) is 0. The van der Waals surface area contributed by atoms with Crippen molar-refractivity contribution in [3.8, 4) is 0 Å². The van der Waals surface area contributed by atoms with Crippen molar-refractivity contribution in [2.75, 3.05) is 10.6 Å². The zero-order valence-electron chi connectivity index (χ0n) is 12.5. The first-order valence-electron chi connectivity index (χ1n) is 7.45. The van der Waals surface area contributed by atoms with Gasteiger partial charge in [-0.3, -0.25) is 19.5 Å². The average Bonchev–Trinajstić information content (AvgIpc) is 2.94. The van der Waals surface area contributed by atoms with Crippen molar-refractivity contribution in [3.63, 3.8) is 0 Å².